The average Bonchev–Trinajstić information content (AvgIpc) is 3.38. The Morgan fingerprint density at radius 1 is 1.14 bits per heavy atom. The van der Waals surface area contributed by atoms with Gasteiger partial charge < -0.3 is 15.4 Å². The molecule has 0 aromatic heterocycles. The Morgan fingerprint density at radius 3 is 2.52 bits per heavy atom. The van der Waals surface area contributed by atoms with Crippen LogP contribution in [0.15, 0.2) is 48.5 Å². The summed E-state index contributed by atoms with van der Waals surface area (Å²) in [6.45, 7) is 1.48. The summed E-state index contributed by atoms with van der Waals surface area (Å²) < 4.78 is 5.39. The smallest absolute Gasteiger partial charge is 0.120 e. The van der Waals surface area contributed by atoms with Gasteiger partial charge in [-0.1, -0.05) is 36.4 Å². The van der Waals surface area contributed by atoms with E-state index in [9.17, 15) is 0 Å². The fraction of sp³-hybridized carbons (Fsp3) is 0.333. The van der Waals surface area contributed by atoms with Crippen molar-refractivity contribution in [2.75, 3.05) is 12.0 Å². The van der Waals surface area contributed by atoms with Gasteiger partial charge in [0, 0.05) is 30.9 Å². The summed E-state index contributed by atoms with van der Waals surface area (Å²) in [7, 11) is 1.71. The number of nitrogens with two attached hydrogens (primary N) is 1. The lowest BCUT2D eigenvalue weighted by Crippen LogP contribution is -2.26. The third-order valence-corrected chi connectivity index (χ3v) is 4.01. The highest BCUT2D eigenvalue weighted by atomic mass is 16.5. The zero-order valence-corrected chi connectivity index (χ0v) is 12.5. The lowest BCUT2D eigenvalue weighted by Gasteiger charge is -2.27. The standard InChI is InChI=1S/C18H22N2O/c1-21-17-10-7-15(12-19)18(11-17)20(16-8-9-16)13-14-5-3-2-4-6-14/h2-7,10-11,16H,8-9,12-13,19H2,1H3. The summed E-state index contributed by atoms with van der Waals surface area (Å²) in [6.07, 6.45) is 2.52. The highest BCUT2D eigenvalue weighted by Gasteiger charge is 2.30. The van der Waals surface area contributed by atoms with Crippen molar-refractivity contribution in [2.24, 2.45) is 5.73 Å². The van der Waals surface area contributed by atoms with Crippen molar-refractivity contribution in [2.45, 2.75) is 32.0 Å². The van der Waals surface area contributed by atoms with E-state index in [1.807, 2.05) is 6.07 Å². The van der Waals surface area contributed by atoms with Crippen LogP contribution in [0.5, 0.6) is 5.75 Å². The lowest BCUT2D eigenvalue weighted by molar-refractivity contribution is 0.414. The molecule has 1 aliphatic carbocycles. The van der Waals surface area contributed by atoms with Crippen molar-refractivity contribution in [3.8, 4) is 5.75 Å². The Bertz CT molecular complexity index is 593. The fourth-order valence-corrected chi connectivity index (χ4v) is 2.69. The van der Waals surface area contributed by atoms with E-state index in [2.05, 4.69) is 47.4 Å². The second-order valence-corrected chi connectivity index (χ2v) is 5.54. The van der Waals surface area contributed by atoms with Crippen LogP contribution in [0.25, 0.3) is 0 Å². The minimum Gasteiger partial charge on any atom is -0.497 e. The molecule has 110 valence electrons. The molecule has 1 aliphatic rings. The summed E-state index contributed by atoms with van der Waals surface area (Å²) >= 11 is 0. The zero-order valence-electron chi connectivity index (χ0n) is 12.5. The summed E-state index contributed by atoms with van der Waals surface area (Å²) in [4.78, 5) is 2.47. The van der Waals surface area contributed by atoms with Gasteiger partial charge in [0.05, 0.1) is 7.11 Å². The van der Waals surface area contributed by atoms with E-state index in [1.165, 1.54) is 29.7 Å². The molecule has 2 N–H and O–H groups in total. The molecule has 0 spiro atoms. The first kappa shape index (κ1) is 14.0. The van der Waals surface area contributed by atoms with E-state index in [0.717, 1.165) is 12.3 Å². The molecule has 3 nitrogen and oxygen atoms in total. The van der Waals surface area contributed by atoms with Gasteiger partial charge in [-0.3, -0.25) is 0 Å². The van der Waals surface area contributed by atoms with Gasteiger partial charge in [-0.05, 0) is 30.0 Å². The van der Waals surface area contributed by atoms with Gasteiger partial charge in [-0.15, -0.1) is 0 Å². The van der Waals surface area contributed by atoms with E-state index in [1.54, 1.807) is 7.11 Å². The van der Waals surface area contributed by atoms with Crippen LogP contribution in [0, 0.1) is 0 Å². The molecule has 2 aromatic carbocycles. The average molecular weight is 282 g/mol. The number of hydrogen-bond donors (Lipinski definition) is 1. The maximum atomic E-state index is 5.93. The normalized spacial score (nSPS) is 14.0. The molecule has 0 amide bonds. The van der Waals surface area contributed by atoms with E-state index in [0.29, 0.717) is 12.6 Å². The molecule has 1 fully saturated rings. The number of anilines is 1. The number of rotatable bonds is 6. The van der Waals surface area contributed by atoms with E-state index < -0.39 is 0 Å². The summed E-state index contributed by atoms with van der Waals surface area (Å²) in [5, 5.41) is 0. The second-order valence-electron chi connectivity index (χ2n) is 5.54. The van der Waals surface area contributed by atoms with Gasteiger partial charge in [-0.25, -0.2) is 0 Å². The van der Waals surface area contributed by atoms with Crippen LogP contribution in [0.2, 0.25) is 0 Å². The zero-order chi connectivity index (χ0) is 14.7. The molecular formula is C18H22N2O. The number of ether oxygens (including phenoxy) is 1. The van der Waals surface area contributed by atoms with Gasteiger partial charge in [0.25, 0.3) is 0 Å². The monoisotopic (exact) mass is 282 g/mol. The first-order chi connectivity index (χ1) is 10.3. The van der Waals surface area contributed by atoms with Crippen molar-refractivity contribution in [3.63, 3.8) is 0 Å². The molecule has 0 unspecified atom stereocenters. The van der Waals surface area contributed by atoms with Crippen molar-refractivity contribution < 1.29 is 4.74 Å². The predicted molar refractivity (Wildman–Crippen MR) is 86.5 cm³/mol. The molecule has 0 aliphatic heterocycles. The highest BCUT2D eigenvalue weighted by molar-refractivity contribution is 5.59. The summed E-state index contributed by atoms with van der Waals surface area (Å²) in [6, 6.07) is 17.4. The molecule has 0 bridgehead atoms. The van der Waals surface area contributed by atoms with E-state index in [4.69, 9.17) is 10.5 Å². The topological polar surface area (TPSA) is 38.5 Å². The number of hydrogen-bond acceptors (Lipinski definition) is 3. The SMILES string of the molecule is COc1ccc(CN)c(N(Cc2ccccc2)C2CC2)c1. The first-order valence-corrected chi connectivity index (χ1v) is 7.49. The van der Waals surface area contributed by atoms with Gasteiger partial charge in [0.1, 0.15) is 5.75 Å². The summed E-state index contributed by atoms with van der Waals surface area (Å²) in [5.41, 5.74) is 9.65. The van der Waals surface area contributed by atoms with Crippen molar-refractivity contribution in [3.05, 3.63) is 59.7 Å². The predicted octanol–water partition coefficient (Wildman–Crippen LogP) is 3.32. The minimum atomic E-state index is 0.553. The van der Waals surface area contributed by atoms with Crippen LogP contribution >= 0.6 is 0 Å². The third-order valence-electron chi connectivity index (χ3n) is 4.01. The van der Waals surface area contributed by atoms with Gasteiger partial charge in [0.15, 0.2) is 0 Å². The van der Waals surface area contributed by atoms with Gasteiger partial charge in [0.2, 0.25) is 0 Å². The maximum Gasteiger partial charge on any atom is 0.120 e. The molecule has 1 saturated carbocycles. The highest BCUT2D eigenvalue weighted by Crippen LogP contribution is 2.36. The van der Waals surface area contributed by atoms with Crippen molar-refractivity contribution >= 4 is 5.69 Å². The molecule has 0 saturated heterocycles. The number of nitrogens with zero attached hydrogens (tertiary/aromatic N) is 1. The largest absolute Gasteiger partial charge is 0.497 e. The Morgan fingerprint density at radius 2 is 1.90 bits per heavy atom. The Hall–Kier alpha value is -2.00. The molecule has 0 radical (unpaired) electrons. The number of methoxy groups -OCH3 is 1. The summed E-state index contributed by atoms with van der Waals surface area (Å²) in [5.74, 6) is 0.890. The van der Waals surface area contributed by atoms with Crippen LogP contribution < -0.4 is 15.4 Å². The van der Waals surface area contributed by atoms with Crippen LogP contribution in [0.3, 0.4) is 0 Å². The number of benzene rings is 2. The fourth-order valence-electron chi connectivity index (χ4n) is 2.69. The van der Waals surface area contributed by atoms with Crippen LogP contribution in [0.1, 0.15) is 24.0 Å². The molecule has 21 heavy (non-hydrogen) atoms. The Kier molecular flexibility index (Phi) is 4.11. The maximum absolute atomic E-state index is 5.93. The molecular weight excluding hydrogens is 260 g/mol. The van der Waals surface area contributed by atoms with Gasteiger partial charge in [-0.2, -0.15) is 0 Å². The molecule has 2 aromatic rings. The molecule has 0 heterocycles. The van der Waals surface area contributed by atoms with E-state index >= 15 is 0 Å². The molecule has 3 rings (SSSR count). The van der Waals surface area contributed by atoms with Crippen molar-refractivity contribution in [1.29, 1.82) is 0 Å². The van der Waals surface area contributed by atoms with Crippen LogP contribution in [0.4, 0.5) is 5.69 Å². The van der Waals surface area contributed by atoms with Crippen LogP contribution in [-0.4, -0.2) is 13.2 Å². The molecule has 0 atom stereocenters. The Balaban J connectivity index is 1.93. The van der Waals surface area contributed by atoms with Gasteiger partial charge >= 0.3 is 0 Å². The lowest BCUT2D eigenvalue weighted by atomic mass is 10.1. The van der Waals surface area contributed by atoms with Crippen molar-refractivity contribution in [1.82, 2.24) is 0 Å². The quantitative estimate of drug-likeness (QED) is 0.883. The van der Waals surface area contributed by atoms with E-state index in [-0.39, 0.29) is 0 Å². The molecule has 3 heteroatoms. The minimum absolute atomic E-state index is 0.553. The van der Waals surface area contributed by atoms with Crippen LogP contribution in [-0.2, 0) is 13.1 Å². The third kappa shape index (κ3) is 3.19. The second kappa shape index (κ2) is 6.19. The Labute approximate surface area is 126 Å². The first-order valence-electron chi connectivity index (χ1n) is 7.49.